The van der Waals surface area contributed by atoms with Gasteiger partial charge in [-0.2, -0.15) is 0 Å². The molecule has 1 atom stereocenters. The molecule has 0 amide bonds. The van der Waals surface area contributed by atoms with Crippen molar-refractivity contribution in [3.63, 3.8) is 0 Å². The summed E-state index contributed by atoms with van der Waals surface area (Å²) in [5, 5.41) is 0. The van der Waals surface area contributed by atoms with Crippen LogP contribution in [0.1, 0.15) is 11.6 Å². The Morgan fingerprint density at radius 3 is 2.06 bits per heavy atom. The van der Waals surface area contributed by atoms with E-state index in [0.717, 1.165) is 5.56 Å². The highest BCUT2D eigenvalue weighted by Crippen LogP contribution is 2.17. The minimum Gasteiger partial charge on any atom is -0.364 e. The molecule has 17 heavy (non-hydrogen) atoms. The molecule has 0 spiro atoms. The summed E-state index contributed by atoms with van der Waals surface area (Å²) in [6.45, 7) is 3.82. The second-order valence-corrected chi connectivity index (χ2v) is 6.06. The topological polar surface area (TPSA) is 39.7 Å². The van der Waals surface area contributed by atoms with Crippen molar-refractivity contribution in [1.29, 1.82) is 0 Å². The van der Waals surface area contributed by atoms with Crippen molar-refractivity contribution in [1.82, 2.24) is 4.98 Å². The Hall–Kier alpha value is -0.983. The van der Waals surface area contributed by atoms with E-state index in [9.17, 15) is 0 Å². The van der Waals surface area contributed by atoms with Gasteiger partial charge in [0.05, 0.1) is 0 Å². The van der Waals surface area contributed by atoms with Gasteiger partial charge in [-0.3, -0.25) is 4.98 Å². The molecule has 0 radical (unpaired) electrons. The Morgan fingerprint density at radius 1 is 1.12 bits per heavy atom. The normalized spacial score (nSPS) is 13.4. The molecule has 0 aliphatic carbocycles. The van der Waals surface area contributed by atoms with Crippen LogP contribution in [0, 0.1) is 0 Å². The smallest absolute Gasteiger partial charge is 0.364 e. The van der Waals surface area contributed by atoms with Crippen LogP contribution in [0.15, 0.2) is 43.0 Å². The minimum atomic E-state index is -2.81. The fourth-order valence-corrected chi connectivity index (χ4v) is 3.07. The molecule has 1 aromatic rings. The third-order valence-corrected chi connectivity index (χ3v) is 4.81. The van der Waals surface area contributed by atoms with Gasteiger partial charge in [0.15, 0.2) is 0 Å². The summed E-state index contributed by atoms with van der Waals surface area (Å²) in [5.41, 5.74) is 1.09. The van der Waals surface area contributed by atoms with Gasteiger partial charge in [0.2, 0.25) is 0 Å². The average Bonchev–Trinajstić information content (AvgIpc) is 2.42. The first-order valence-corrected chi connectivity index (χ1v) is 7.04. The van der Waals surface area contributed by atoms with Crippen molar-refractivity contribution in [2.45, 2.75) is 6.04 Å². The van der Waals surface area contributed by atoms with Gasteiger partial charge in [-0.1, -0.05) is 36.4 Å². The van der Waals surface area contributed by atoms with Crippen LogP contribution < -0.4 is 4.98 Å². The Labute approximate surface area is 104 Å². The first kappa shape index (κ1) is 14.1. The largest absolute Gasteiger partial charge is 0.596 e. The number of benzene rings is 1. The molecular formula is C12H19NO3Si. The predicted octanol–water partition coefficient (Wildman–Crippen LogP) is 1.88. The van der Waals surface area contributed by atoms with Gasteiger partial charge >= 0.3 is 8.97 Å². The fraction of sp³-hybridized carbons (Fsp3) is 0.333. The Balaban J connectivity index is 2.86. The molecule has 1 unspecified atom stereocenters. The van der Waals surface area contributed by atoms with Crippen molar-refractivity contribution < 1.29 is 13.3 Å². The molecule has 1 rings (SSSR count). The van der Waals surface area contributed by atoms with Gasteiger partial charge in [-0.15, -0.1) is 6.58 Å². The van der Waals surface area contributed by atoms with Gasteiger partial charge in [0.25, 0.3) is 0 Å². The van der Waals surface area contributed by atoms with E-state index >= 15 is 0 Å². The molecule has 0 aromatic heterocycles. The van der Waals surface area contributed by atoms with Crippen LogP contribution in [-0.4, -0.2) is 30.3 Å². The summed E-state index contributed by atoms with van der Waals surface area (Å²) >= 11 is 0. The summed E-state index contributed by atoms with van der Waals surface area (Å²) in [4.78, 5) is 3.24. The van der Waals surface area contributed by atoms with E-state index in [2.05, 4.69) is 11.6 Å². The summed E-state index contributed by atoms with van der Waals surface area (Å²) in [5.74, 6) is 0. The SMILES string of the molecule is C=CC(N[Si](OC)(OC)OC)c1ccccc1. The first-order chi connectivity index (χ1) is 8.21. The van der Waals surface area contributed by atoms with Gasteiger partial charge in [0.1, 0.15) is 0 Å². The molecule has 5 heteroatoms. The van der Waals surface area contributed by atoms with E-state index in [1.807, 2.05) is 30.3 Å². The van der Waals surface area contributed by atoms with Gasteiger partial charge in [-0.05, 0) is 5.56 Å². The van der Waals surface area contributed by atoms with Gasteiger partial charge in [0, 0.05) is 27.4 Å². The van der Waals surface area contributed by atoms with Crippen LogP contribution in [0.3, 0.4) is 0 Å². The van der Waals surface area contributed by atoms with Gasteiger partial charge in [-0.25, -0.2) is 0 Å². The maximum Gasteiger partial charge on any atom is 0.596 e. The number of hydrogen-bond donors (Lipinski definition) is 1. The second kappa shape index (κ2) is 6.68. The lowest BCUT2D eigenvalue weighted by molar-refractivity contribution is 0.107. The molecule has 4 nitrogen and oxygen atoms in total. The lowest BCUT2D eigenvalue weighted by atomic mass is 10.1. The molecule has 1 N–H and O–H groups in total. The molecule has 0 bridgehead atoms. The molecule has 1 aromatic carbocycles. The maximum atomic E-state index is 5.33. The van der Waals surface area contributed by atoms with Gasteiger partial charge < -0.3 is 13.3 Å². The van der Waals surface area contributed by atoms with Crippen LogP contribution in [0.5, 0.6) is 0 Å². The standard InChI is InChI=1S/C12H19NO3Si/c1-5-12(11-9-7-6-8-10-11)13-17(14-2,15-3)16-4/h5-10,12-13H,1H2,2-4H3. The lowest BCUT2D eigenvalue weighted by Crippen LogP contribution is -2.57. The quantitative estimate of drug-likeness (QED) is 0.595. The fourth-order valence-electron chi connectivity index (χ4n) is 1.56. The molecule has 0 aliphatic rings. The summed E-state index contributed by atoms with van der Waals surface area (Å²) in [6.07, 6.45) is 1.80. The van der Waals surface area contributed by atoms with Crippen LogP contribution >= 0.6 is 0 Å². The number of nitrogens with one attached hydrogen (secondary N) is 1. The zero-order chi connectivity index (χ0) is 12.7. The monoisotopic (exact) mass is 253 g/mol. The Bertz CT molecular complexity index is 333. The van der Waals surface area contributed by atoms with Crippen LogP contribution in [-0.2, 0) is 13.3 Å². The molecule has 94 valence electrons. The Morgan fingerprint density at radius 2 is 1.65 bits per heavy atom. The van der Waals surface area contributed by atoms with E-state index in [0.29, 0.717) is 0 Å². The van der Waals surface area contributed by atoms with E-state index in [-0.39, 0.29) is 6.04 Å². The number of hydrogen-bond acceptors (Lipinski definition) is 4. The summed E-state index contributed by atoms with van der Waals surface area (Å²) in [7, 11) is 1.90. The third kappa shape index (κ3) is 3.49. The van der Waals surface area contributed by atoms with Crippen LogP contribution in [0.4, 0.5) is 0 Å². The van der Waals surface area contributed by atoms with E-state index in [1.54, 1.807) is 27.4 Å². The summed E-state index contributed by atoms with van der Waals surface area (Å²) < 4.78 is 16.0. The molecular weight excluding hydrogens is 234 g/mol. The summed E-state index contributed by atoms with van der Waals surface area (Å²) in [6, 6.07) is 9.88. The highest BCUT2D eigenvalue weighted by molar-refractivity contribution is 6.57. The van der Waals surface area contributed by atoms with Crippen LogP contribution in [0.25, 0.3) is 0 Å². The molecule has 0 saturated heterocycles. The van der Waals surface area contributed by atoms with Crippen molar-refractivity contribution in [3.05, 3.63) is 48.6 Å². The third-order valence-electron chi connectivity index (χ3n) is 2.53. The maximum absolute atomic E-state index is 5.33. The van der Waals surface area contributed by atoms with E-state index < -0.39 is 8.97 Å². The van der Waals surface area contributed by atoms with E-state index in [4.69, 9.17) is 13.3 Å². The highest BCUT2D eigenvalue weighted by Gasteiger charge is 2.40. The number of rotatable bonds is 7. The van der Waals surface area contributed by atoms with Crippen LogP contribution in [0.2, 0.25) is 0 Å². The minimum absolute atomic E-state index is 0.0669. The van der Waals surface area contributed by atoms with Crippen molar-refractivity contribution in [3.8, 4) is 0 Å². The second-order valence-electron chi connectivity index (χ2n) is 3.44. The first-order valence-electron chi connectivity index (χ1n) is 5.32. The predicted molar refractivity (Wildman–Crippen MR) is 69.3 cm³/mol. The highest BCUT2D eigenvalue weighted by atomic mass is 28.4. The van der Waals surface area contributed by atoms with Crippen molar-refractivity contribution >= 4 is 8.97 Å². The van der Waals surface area contributed by atoms with Crippen molar-refractivity contribution in [2.24, 2.45) is 0 Å². The molecule has 0 fully saturated rings. The lowest BCUT2D eigenvalue weighted by Gasteiger charge is -2.28. The molecule has 0 aliphatic heterocycles. The Kier molecular flexibility index (Phi) is 5.53. The van der Waals surface area contributed by atoms with E-state index in [1.165, 1.54) is 0 Å². The zero-order valence-corrected chi connectivity index (χ0v) is 11.5. The average molecular weight is 253 g/mol. The zero-order valence-electron chi connectivity index (χ0n) is 10.5. The molecule has 0 saturated carbocycles. The van der Waals surface area contributed by atoms with Crippen molar-refractivity contribution in [2.75, 3.05) is 21.3 Å². The molecule has 0 heterocycles.